The van der Waals surface area contributed by atoms with Gasteiger partial charge in [-0.25, -0.2) is 0 Å². The van der Waals surface area contributed by atoms with Crippen molar-refractivity contribution < 1.29 is 14.3 Å². The van der Waals surface area contributed by atoms with Crippen LogP contribution in [0.2, 0.25) is 0 Å². The van der Waals surface area contributed by atoms with Gasteiger partial charge in [0.15, 0.2) is 0 Å². The molecule has 32 heavy (non-hydrogen) atoms. The molecule has 0 bridgehead atoms. The lowest BCUT2D eigenvalue weighted by Gasteiger charge is -2.35. The van der Waals surface area contributed by atoms with E-state index in [0.29, 0.717) is 50.5 Å². The van der Waals surface area contributed by atoms with Crippen LogP contribution in [-0.4, -0.2) is 59.4 Å². The van der Waals surface area contributed by atoms with Gasteiger partial charge in [0.1, 0.15) is 5.75 Å². The first kappa shape index (κ1) is 21.6. The number of nitrogens with zero attached hydrogens (tertiary/aromatic N) is 3. The number of carbonyl (C=O) groups excluding carboxylic acids is 2. The second-order valence-electron chi connectivity index (χ2n) is 7.82. The zero-order valence-electron chi connectivity index (χ0n) is 18.0. The molecule has 1 saturated heterocycles. The molecule has 2 heterocycles. The fraction of sp³-hybridized carbons (Fsp3) is 0.269. The molecule has 0 radical (unpaired) electrons. The highest BCUT2D eigenvalue weighted by atomic mass is 16.5. The SMILES string of the molecule is O=C(Cc1cccnc1)N1CCN(C(=O)c2cccc(OCCc3ccccc3)c2)CC1. The smallest absolute Gasteiger partial charge is 0.254 e. The molecule has 2 amide bonds. The van der Waals surface area contributed by atoms with Crippen LogP contribution in [-0.2, 0) is 17.6 Å². The van der Waals surface area contributed by atoms with Gasteiger partial charge in [-0.2, -0.15) is 0 Å². The minimum Gasteiger partial charge on any atom is -0.493 e. The number of carbonyl (C=O) groups is 2. The summed E-state index contributed by atoms with van der Waals surface area (Å²) < 4.78 is 5.86. The Morgan fingerprint density at radius 1 is 0.844 bits per heavy atom. The van der Waals surface area contributed by atoms with E-state index in [1.807, 2.05) is 53.4 Å². The van der Waals surface area contributed by atoms with Crippen LogP contribution in [0.5, 0.6) is 5.75 Å². The quantitative estimate of drug-likeness (QED) is 0.579. The molecule has 0 aliphatic carbocycles. The predicted molar refractivity (Wildman–Crippen MR) is 123 cm³/mol. The van der Waals surface area contributed by atoms with E-state index in [2.05, 4.69) is 17.1 Å². The van der Waals surface area contributed by atoms with Gasteiger partial charge in [-0.05, 0) is 35.4 Å². The average molecular weight is 430 g/mol. The largest absolute Gasteiger partial charge is 0.493 e. The van der Waals surface area contributed by atoms with E-state index in [4.69, 9.17) is 4.74 Å². The number of aromatic nitrogens is 1. The van der Waals surface area contributed by atoms with Crippen LogP contribution in [0.15, 0.2) is 79.1 Å². The number of amides is 2. The molecule has 6 nitrogen and oxygen atoms in total. The monoisotopic (exact) mass is 429 g/mol. The molecule has 3 aromatic rings. The highest BCUT2D eigenvalue weighted by Gasteiger charge is 2.25. The Balaban J connectivity index is 1.27. The maximum atomic E-state index is 13.0. The third-order valence-corrected chi connectivity index (χ3v) is 5.58. The van der Waals surface area contributed by atoms with E-state index in [-0.39, 0.29) is 11.8 Å². The van der Waals surface area contributed by atoms with Gasteiger partial charge in [-0.15, -0.1) is 0 Å². The predicted octanol–water partition coefficient (Wildman–Crippen LogP) is 3.23. The number of pyridine rings is 1. The van der Waals surface area contributed by atoms with Gasteiger partial charge >= 0.3 is 0 Å². The Kier molecular flexibility index (Phi) is 7.12. The maximum absolute atomic E-state index is 13.0. The fourth-order valence-corrected chi connectivity index (χ4v) is 3.78. The van der Waals surface area contributed by atoms with Gasteiger partial charge in [0, 0.05) is 50.6 Å². The average Bonchev–Trinajstić information content (AvgIpc) is 2.85. The summed E-state index contributed by atoms with van der Waals surface area (Å²) in [4.78, 5) is 33.2. The van der Waals surface area contributed by atoms with E-state index in [9.17, 15) is 9.59 Å². The molecule has 1 aliphatic heterocycles. The summed E-state index contributed by atoms with van der Waals surface area (Å²) in [5.74, 6) is 0.730. The lowest BCUT2D eigenvalue weighted by Crippen LogP contribution is -2.51. The molecule has 0 N–H and O–H groups in total. The number of ether oxygens (including phenoxy) is 1. The van der Waals surface area contributed by atoms with Gasteiger partial charge < -0.3 is 14.5 Å². The number of piperazine rings is 1. The highest BCUT2D eigenvalue weighted by Crippen LogP contribution is 2.17. The Hall–Kier alpha value is -3.67. The molecule has 1 aromatic heterocycles. The van der Waals surface area contributed by atoms with Crippen molar-refractivity contribution in [3.8, 4) is 5.75 Å². The van der Waals surface area contributed by atoms with Gasteiger partial charge in [0.2, 0.25) is 5.91 Å². The summed E-state index contributed by atoms with van der Waals surface area (Å²) >= 11 is 0. The van der Waals surface area contributed by atoms with E-state index < -0.39 is 0 Å². The van der Waals surface area contributed by atoms with E-state index in [1.54, 1.807) is 23.4 Å². The second kappa shape index (κ2) is 10.6. The molecule has 0 atom stereocenters. The zero-order valence-corrected chi connectivity index (χ0v) is 18.0. The molecular weight excluding hydrogens is 402 g/mol. The normalized spacial score (nSPS) is 13.6. The molecule has 0 saturated carbocycles. The van der Waals surface area contributed by atoms with Gasteiger partial charge in [-0.3, -0.25) is 14.6 Å². The molecule has 0 unspecified atom stereocenters. The number of rotatable bonds is 7. The maximum Gasteiger partial charge on any atom is 0.254 e. The van der Waals surface area contributed by atoms with Crippen molar-refractivity contribution in [3.05, 3.63) is 95.8 Å². The summed E-state index contributed by atoms with van der Waals surface area (Å²) in [6.07, 6.45) is 4.56. The van der Waals surface area contributed by atoms with Crippen LogP contribution in [0.4, 0.5) is 0 Å². The van der Waals surface area contributed by atoms with Crippen molar-refractivity contribution in [2.45, 2.75) is 12.8 Å². The lowest BCUT2D eigenvalue weighted by atomic mass is 10.1. The topological polar surface area (TPSA) is 62.7 Å². The standard InChI is InChI=1S/C26H27N3O3/c30-25(18-22-8-5-12-27-20-22)28-13-15-29(16-14-28)26(31)23-9-4-10-24(19-23)32-17-11-21-6-2-1-3-7-21/h1-10,12,19-20H,11,13-18H2. The van der Waals surface area contributed by atoms with Crippen molar-refractivity contribution in [2.24, 2.45) is 0 Å². The molecule has 2 aromatic carbocycles. The molecular formula is C26H27N3O3. The van der Waals surface area contributed by atoms with Gasteiger partial charge in [0.05, 0.1) is 13.0 Å². The number of hydrogen-bond donors (Lipinski definition) is 0. The Morgan fingerprint density at radius 2 is 1.59 bits per heavy atom. The van der Waals surface area contributed by atoms with Crippen molar-refractivity contribution in [1.29, 1.82) is 0 Å². The van der Waals surface area contributed by atoms with Crippen LogP contribution >= 0.6 is 0 Å². The van der Waals surface area contributed by atoms with Crippen molar-refractivity contribution in [3.63, 3.8) is 0 Å². The van der Waals surface area contributed by atoms with Crippen LogP contribution in [0.1, 0.15) is 21.5 Å². The Labute approximate surface area is 188 Å². The van der Waals surface area contributed by atoms with E-state index in [1.165, 1.54) is 5.56 Å². The Bertz CT molecular complexity index is 1030. The minimum absolute atomic E-state index is 0.0298. The lowest BCUT2D eigenvalue weighted by molar-refractivity contribution is -0.131. The first-order valence-corrected chi connectivity index (χ1v) is 10.9. The Morgan fingerprint density at radius 3 is 2.34 bits per heavy atom. The number of benzene rings is 2. The van der Waals surface area contributed by atoms with Crippen molar-refractivity contribution >= 4 is 11.8 Å². The van der Waals surface area contributed by atoms with Crippen LogP contribution < -0.4 is 4.74 Å². The third kappa shape index (κ3) is 5.72. The summed E-state index contributed by atoms with van der Waals surface area (Å²) in [7, 11) is 0. The fourth-order valence-electron chi connectivity index (χ4n) is 3.78. The summed E-state index contributed by atoms with van der Waals surface area (Å²) in [6, 6.07) is 21.2. The molecule has 1 aliphatic rings. The summed E-state index contributed by atoms with van der Waals surface area (Å²) in [5.41, 5.74) is 2.73. The van der Waals surface area contributed by atoms with Crippen molar-refractivity contribution in [1.82, 2.24) is 14.8 Å². The van der Waals surface area contributed by atoms with Crippen LogP contribution in [0.25, 0.3) is 0 Å². The van der Waals surface area contributed by atoms with Crippen LogP contribution in [0, 0.1) is 0 Å². The molecule has 1 fully saturated rings. The summed E-state index contributed by atoms with van der Waals surface area (Å²) in [6.45, 7) is 2.68. The highest BCUT2D eigenvalue weighted by molar-refractivity contribution is 5.94. The van der Waals surface area contributed by atoms with Gasteiger partial charge in [-0.1, -0.05) is 42.5 Å². The molecule has 164 valence electrons. The third-order valence-electron chi connectivity index (χ3n) is 5.58. The first-order valence-electron chi connectivity index (χ1n) is 10.9. The summed E-state index contributed by atoms with van der Waals surface area (Å²) in [5, 5.41) is 0. The minimum atomic E-state index is -0.0298. The second-order valence-corrected chi connectivity index (χ2v) is 7.82. The number of hydrogen-bond acceptors (Lipinski definition) is 4. The van der Waals surface area contributed by atoms with Gasteiger partial charge in [0.25, 0.3) is 5.91 Å². The molecule has 0 spiro atoms. The molecule has 4 rings (SSSR count). The first-order chi connectivity index (χ1) is 15.7. The molecule has 6 heteroatoms. The van der Waals surface area contributed by atoms with E-state index >= 15 is 0 Å². The zero-order chi connectivity index (χ0) is 22.2. The van der Waals surface area contributed by atoms with Crippen molar-refractivity contribution in [2.75, 3.05) is 32.8 Å². The van der Waals surface area contributed by atoms with E-state index in [0.717, 1.165) is 12.0 Å². The van der Waals surface area contributed by atoms with Crippen LogP contribution in [0.3, 0.4) is 0 Å².